The van der Waals surface area contributed by atoms with Gasteiger partial charge in [-0.1, -0.05) is 6.92 Å². The van der Waals surface area contributed by atoms with Gasteiger partial charge in [-0.25, -0.2) is 0 Å². The molecule has 1 aromatic rings. The molecule has 0 spiro atoms. The quantitative estimate of drug-likeness (QED) is 0.675. The molecule has 3 amide bonds. The molecule has 1 saturated heterocycles. The standard InChI is InChI=1S/C18H23N3O5/c1-2-4-15(22)21-10-3-5-14(21)18(26)20-13-8-6-12(7-9-13)17(25)19-11-16(23)24/h6-9,14H,2-5,10-11H2,1H3,(H,19,25)(H,20,26)(H,23,24). The fraction of sp³-hybridized carbons (Fsp3) is 0.444. The Labute approximate surface area is 151 Å². The zero-order valence-electron chi connectivity index (χ0n) is 14.7. The van der Waals surface area contributed by atoms with Crippen LogP contribution < -0.4 is 10.6 Å². The lowest BCUT2D eigenvalue weighted by Crippen LogP contribution is -2.43. The summed E-state index contributed by atoms with van der Waals surface area (Å²) in [7, 11) is 0. The van der Waals surface area contributed by atoms with Gasteiger partial charge in [-0.15, -0.1) is 0 Å². The zero-order chi connectivity index (χ0) is 19.1. The zero-order valence-corrected chi connectivity index (χ0v) is 14.7. The van der Waals surface area contributed by atoms with Crippen LogP contribution in [0.5, 0.6) is 0 Å². The first-order chi connectivity index (χ1) is 12.4. The lowest BCUT2D eigenvalue weighted by molar-refractivity contribution is -0.136. The lowest BCUT2D eigenvalue weighted by Gasteiger charge is -2.23. The van der Waals surface area contributed by atoms with E-state index in [0.717, 1.165) is 12.8 Å². The molecule has 0 aromatic heterocycles. The molecule has 1 fully saturated rings. The van der Waals surface area contributed by atoms with E-state index in [1.54, 1.807) is 17.0 Å². The predicted molar refractivity (Wildman–Crippen MR) is 94.7 cm³/mol. The molecule has 1 unspecified atom stereocenters. The van der Waals surface area contributed by atoms with E-state index in [0.29, 0.717) is 30.6 Å². The Balaban J connectivity index is 1.95. The van der Waals surface area contributed by atoms with E-state index in [4.69, 9.17) is 5.11 Å². The van der Waals surface area contributed by atoms with Gasteiger partial charge in [0.05, 0.1) is 0 Å². The van der Waals surface area contributed by atoms with Gasteiger partial charge in [-0.3, -0.25) is 19.2 Å². The number of nitrogens with zero attached hydrogens (tertiary/aromatic N) is 1. The van der Waals surface area contributed by atoms with Crippen LogP contribution in [0.25, 0.3) is 0 Å². The number of rotatable bonds is 7. The van der Waals surface area contributed by atoms with E-state index in [1.165, 1.54) is 12.1 Å². The smallest absolute Gasteiger partial charge is 0.322 e. The third kappa shape index (κ3) is 5.05. The van der Waals surface area contributed by atoms with Gasteiger partial charge in [0.2, 0.25) is 11.8 Å². The van der Waals surface area contributed by atoms with Crippen LogP contribution in [0, 0.1) is 0 Å². The normalized spacial score (nSPS) is 16.2. The molecule has 0 aliphatic carbocycles. The van der Waals surface area contributed by atoms with Crippen molar-refractivity contribution in [1.82, 2.24) is 10.2 Å². The van der Waals surface area contributed by atoms with Crippen LogP contribution in [0.2, 0.25) is 0 Å². The molecule has 0 radical (unpaired) electrons. The molecular weight excluding hydrogens is 338 g/mol. The second-order valence-corrected chi connectivity index (χ2v) is 6.14. The number of carboxylic acid groups (broad SMARTS) is 1. The molecule has 140 valence electrons. The molecule has 26 heavy (non-hydrogen) atoms. The topological polar surface area (TPSA) is 116 Å². The fourth-order valence-corrected chi connectivity index (χ4v) is 2.88. The van der Waals surface area contributed by atoms with Gasteiger partial charge in [0.25, 0.3) is 5.91 Å². The highest BCUT2D eigenvalue weighted by Crippen LogP contribution is 2.21. The Kier molecular flexibility index (Phi) is 6.71. The van der Waals surface area contributed by atoms with Crippen molar-refractivity contribution in [2.45, 2.75) is 38.6 Å². The summed E-state index contributed by atoms with van der Waals surface area (Å²) in [5.74, 6) is -1.87. The number of carbonyl (C=O) groups excluding carboxylic acids is 3. The second kappa shape index (κ2) is 8.98. The van der Waals surface area contributed by atoms with Gasteiger partial charge in [0, 0.05) is 24.2 Å². The average molecular weight is 361 g/mol. The Morgan fingerprint density at radius 2 is 1.88 bits per heavy atom. The highest BCUT2D eigenvalue weighted by atomic mass is 16.4. The van der Waals surface area contributed by atoms with Crippen molar-refractivity contribution < 1.29 is 24.3 Å². The van der Waals surface area contributed by atoms with Crippen molar-refractivity contribution in [2.75, 3.05) is 18.4 Å². The van der Waals surface area contributed by atoms with Gasteiger partial charge in [-0.2, -0.15) is 0 Å². The minimum Gasteiger partial charge on any atom is -0.480 e. The van der Waals surface area contributed by atoms with Crippen molar-refractivity contribution in [2.24, 2.45) is 0 Å². The molecule has 1 aliphatic rings. The maximum absolute atomic E-state index is 12.5. The fourth-order valence-electron chi connectivity index (χ4n) is 2.88. The number of likely N-dealkylation sites (tertiary alicyclic amines) is 1. The van der Waals surface area contributed by atoms with E-state index in [9.17, 15) is 19.2 Å². The first kappa shape index (κ1) is 19.4. The first-order valence-electron chi connectivity index (χ1n) is 8.62. The summed E-state index contributed by atoms with van der Waals surface area (Å²) in [6, 6.07) is 5.68. The van der Waals surface area contributed by atoms with Crippen LogP contribution in [-0.4, -0.2) is 52.8 Å². The van der Waals surface area contributed by atoms with Gasteiger partial charge in [0.15, 0.2) is 0 Å². The Hall–Kier alpha value is -2.90. The highest BCUT2D eigenvalue weighted by molar-refractivity contribution is 5.99. The summed E-state index contributed by atoms with van der Waals surface area (Å²) in [6.45, 7) is 2.07. The van der Waals surface area contributed by atoms with E-state index in [1.807, 2.05) is 6.92 Å². The minimum absolute atomic E-state index is 0.00407. The molecule has 1 aromatic carbocycles. The largest absolute Gasteiger partial charge is 0.480 e. The Bertz CT molecular complexity index is 687. The number of amides is 3. The molecule has 0 bridgehead atoms. The summed E-state index contributed by atoms with van der Waals surface area (Å²) < 4.78 is 0. The highest BCUT2D eigenvalue weighted by Gasteiger charge is 2.33. The van der Waals surface area contributed by atoms with Crippen molar-refractivity contribution in [3.8, 4) is 0 Å². The van der Waals surface area contributed by atoms with Crippen LogP contribution in [0.3, 0.4) is 0 Å². The van der Waals surface area contributed by atoms with Gasteiger partial charge >= 0.3 is 5.97 Å². The number of hydrogen-bond acceptors (Lipinski definition) is 4. The first-order valence-corrected chi connectivity index (χ1v) is 8.62. The minimum atomic E-state index is -1.12. The number of benzene rings is 1. The lowest BCUT2D eigenvalue weighted by atomic mass is 10.1. The van der Waals surface area contributed by atoms with E-state index < -0.39 is 24.5 Å². The molecule has 2 rings (SSSR count). The molecular formula is C18H23N3O5. The average Bonchev–Trinajstić information content (AvgIpc) is 3.10. The van der Waals surface area contributed by atoms with E-state index in [-0.39, 0.29) is 11.8 Å². The number of nitrogens with one attached hydrogen (secondary N) is 2. The summed E-state index contributed by atoms with van der Waals surface area (Å²) in [5.41, 5.74) is 0.810. The third-order valence-electron chi connectivity index (χ3n) is 4.15. The molecule has 8 heteroatoms. The van der Waals surface area contributed by atoms with Crippen LogP contribution >= 0.6 is 0 Å². The van der Waals surface area contributed by atoms with Crippen molar-refractivity contribution in [1.29, 1.82) is 0 Å². The summed E-state index contributed by atoms with van der Waals surface area (Å²) in [6.07, 6.45) is 2.62. The molecule has 1 heterocycles. The van der Waals surface area contributed by atoms with Crippen LogP contribution in [0.15, 0.2) is 24.3 Å². The van der Waals surface area contributed by atoms with Crippen LogP contribution in [-0.2, 0) is 14.4 Å². The number of anilines is 1. The molecule has 0 saturated carbocycles. The number of carboxylic acids is 1. The second-order valence-electron chi connectivity index (χ2n) is 6.14. The molecule has 3 N–H and O–H groups in total. The number of hydrogen-bond donors (Lipinski definition) is 3. The summed E-state index contributed by atoms with van der Waals surface area (Å²) in [4.78, 5) is 48.4. The summed E-state index contributed by atoms with van der Waals surface area (Å²) >= 11 is 0. The third-order valence-corrected chi connectivity index (χ3v) is 4.15. The number of carbonyl (C=O) groups is 4. The molecule has 8 nitrogen and oxygen atoms in total. The predicted octanol–water partition coefficient (Wildman–Crippen LogP) is 1.23. The van der Waals surface area contributed by atoms with E-state index in [2.05, 4.69) is 10.6 Å². The Morgan fingerprint density at radius 3 is 2.50 bits per heavy atom. The van der Waals surface area contributed by atoms with Gasteiger partial charge < -0.3 is 20.6 Å². The van der Waals surface area contributed by atoms with Crippen LogP contribution in [0.4, 0.5) is 5.69 Å². The SMILES string of the molecule is CCCC(=O)N1CCCC1C(=O)Nc1ccc(C(=O)NCC(=O)O)cc1. The van der Waals surface area contributed by atoms with Gasteiger partial charge in [-0.05, 0) is 43.5 Å². The maximum atomic E-state index is 12.5. The van der Waals surface area contributed by atoms with Crippen LogP contribution in [0.1, 0.15) is 43.0 Å². The van der Waals surface area contributed by atoms with Gasteiger partial charge in [0.1, 0.15) is 12.6 Å². The van der Waals surface area contributed by atoms with Crippen molar-refractivity contribution in [3.05, 3.63) is 29.8 Å². The molecule has 1 atom stereocenters. The Morgan fingerprint density at radius 1 is 1.19 bits per heavy atom. The maximum Gasteiger partial charge on any atom is 0.322 e. The van der Waals surface area contributed by atoms with Crippen molar-refractivity contribution in [3.63, 3.8) is 0 Å². The number of aliphatic carboxylic acids is 1. The molecule has 1 aliphatic heterocycles. The van der Waals surface area contributed by atoms with Crippen molar-refractivity contribution >= 4 is 29.4 Å². The monoisotopic (exact) mass is 361 g/mol. The van der Waals surface area contributed by atoms with E-state index >= 15 is 0 Å². The summed E-state index contributed by atoms with van der Waals surface area (Å²) in [5, 5.41) is 13.6.